The number of nitrogens with one attached hydrogen (secondary N) is 5. The predicted octanol–water partition coefficient (Wildman–Crippen LogP) is -3.53. The summed E-state index contributed by atoms with van der Waals surface area (Å²) >= 11 is 0. The van der Waals surface area contributed by atoms with Crippen LogP contribution in [0.15, 0.2) is 36.9 Å². The third-order valence-electron chi connectivity index (χ3n) is 4.80. The Balaban J connectivity index is 0.0000137. The minimum absolute atomic E-state index is 0. The van der Waals surface area contributed by atoms with E-state index in [-0.39, 0.29) is 103 Å². The molecule has 14 nitrogen and oxygen atoms in total. The zero-order chi connectivity index (χ0) is 27.8. The molecule has 8 N–H and O–H groups in total. The maximum atomic E-state index is 13.1. The van der Waals surface area contributed by atoms with Crippen LogP contribution in [-0.4, -0.2) is 66.6 Å². The number of alkyl carbamates (subject to hydrolysis) is 1. The molecule has 0 aliphatic carbocycles. The van der Waals surface area contributed by atoms with Crippen molar-refractivity contribution in [2.24, 2.45) is 5.73 Å². The average Bonchev–Trinajstić information content (AvgIpc) is 2.84. The number of carbonyl (C=O) groups excluding carboxylic acids is 3. The monoisotopic (exact) mass is 624 g/mol. The fraction of sp³-hybridized carbons (Fsp3) is 0.409. The standard InChI is InChI=1S/C22H31N6O8S.Rb/c1-2-12-36-22(33)28-17(13-14-4-6-15(7-5-14)19(23)24)21(32)27-16(8-9-18(29)30)20(31)25-10-3-11-26-37(34)35;/h2,4-7,16-17H,1,3,8-13H2,(H3,23,24)(H,25,31)(H,27,32)(H,28,33)(H,29,30)(H,26,34,35);/q-1;+1/t16-,17-;/m0./s1. The van der Waals surface area contributed by atoms with Crippen LogP contribution < -0.4 is 84.6 Å². The van der Waals surface area contributed by atoms with Crippen LogP contribution in [0.1, 0.15) is 30.4 Å². The van der Waals surface area contributed by atoms with E-state index in [4.69, 9.17) is 21.0 Å². The predicted molar refractivity (Wildman–Crippen MR) is 133 cm³/mol. The molecule has 38 heavy (non-hydrogen) atoms. The Bertz CT molecular complexity index is 1040. The number of hydrogen-bond acceptors (Lipinski definition) is 9. The van der Waals surface area contributed by atoms with E-state index in [0.29, 0.717) is 11.1 Å². The molecule has 0 aromatic heterocycles. The molecule has 0 saturated heterocycles. The van der Waals surface area contributed by atoms with Gasteiger partial charge >= 0.3 is 70.3 Å². The SMILES string of the molecule is C=CCOC(=O)N[C@@H](Cc1ccc(C(=N)N)cc1)C(=O)N[C@@H](CCC(=O)O)C(=O)NCCCN[S-](=O)=O.[Rb+]. The summed E-state index contributed by atoms with van der Waals surface area (Å²) in [5.41, 5.74) is 6.51. The second kappa shape index (κ2) is 19.8. The third-order valence-corrected chi connectivity index (χ3v) is 5.24. The molecule has 0 aliphatic rings. The summed E-state index contributed by atoms with van der Waals surface area (Å²) in [5, 5.41) is 23.9. The number of rotatable bonds is 17. The molecule has 204 valence electrons. The van der Waals surface area contributed by atoms with Gasteiger partial charge in [-0.25, -0.2) is 4.79 Å². The van der Waals surface area contributed by atoms with E-state index in [9.17, 15) is 27.6 Å². The summed E-state index contributed by atoms with van der Waals surface area (Å²) in [7, 11) is -2.44. The van der Waals surface area contributed by atoms with Crippen LogP contribution in [-0.2, 0) is 44.8 Å². The number of amides is 3. The molecule has 0 radical (unpaired) electrons. The van der Waals surface area contributed by atoms with Crippen LogP contribution in [0.5, 0.6) is 0 Å². The second-order valence-corrected chi connectivity index (χ2v) is 8.42. The molecule has 0 saturated carbocycles. The first-order chi connectivity index (χ1) is 17.5. The van der Waals surface area contributed by atoms with Crippen molar-refractivity contribution in [2.75, 3.05) is 19.7 Å². The molecule has 3 amide bonds. The Morgan fingerprint density at radius 3 is 2.29 bits per heavy atom. The van der Waals surface area contributed by atoms with Gasteiger partial charge in [-0.1, -0.05) is 36.9 Å². The van der Waals surface area contributed by atoms with E-state index < -0.39 is 53.3 Å². The molecule has 16 heteroatoms. The number of carboxylic acid groups (broad SMARTS) is 1. The van der Waals surface area contributed by atoms with Gasteiger partial charge in [-0.2, -0.15) is 0 Å². The molecule has 0 bridgehead atoms. The Morgan fingerprint density at radius 1 is 1.08 bits per heavy atom. The van der Waals surface area contributed by atoms with Crippen LogP contribution in [0.25, 0.3) is 0 Å². The Labute approximate surface area is 270 Å². The Hall–Kier alpha value is -2.17. The summed E-state index contributed by atoms with van der Waals surface area (Å²) in [6.45, 7) is 3.47. The minimum atomic E-state index is -2.44. The Kier molecular flexibility index (Phi) is 18.7. The Morgan fingerprint density at radius 2 is 1.74 bits per heavy atom. The zero-order valence-corrected chi connectivity index (χ0v) is 26.7. The van der Waals surface area contributed by atoms with Gasteiger partial charge in [-0.3, -0.25) is 19.8 Å². The fourth-order valence-corrected chi connectivity index (χ4v) is 3.28. The van der Waals surface area contributed by atoms with Crippen LogP contribution in [0.4, 0.5) is 4.79 Å². The first-order valence-corrected chi connectivity index (χ1v) is 12.2. The quantitative estimate of drug-likeness (QED) is 0.0299. The molecule has 2 atom stereocenters. The van der Waals surface area contributed by atoms with Gasteiger partial charge in [-0.05, 0) is 35.8 Å². The molecule has 1 aromatic carbocycles. The van der Waals surface area contributed by atoms with E-state index in [1.165, 1.54) is 6.08 Å². The minimum Gasteiger partial charge on any atom is -0.481 e. The van der Waals surface area contributed by atoms with Gasteiger partial charge < -0.3 is 44.7 Å². The number of ether oxygens (including phenoxy) is 1. The van der Waals surface area contributed by atoms with Crippen molar-refractivity contribution < 1.29 is 95.6 Å². The van der Waals surface area contributed by atoms with Gasteiger partial charge in [0, 0.05) is 24.9 Å². The first kappa shape index (κ1) is 35.8. The number of aliphatic carboxylic acids is 1. The zero-order valence-electron chi connectivity index (χ0n) is 21.0. The second-order valence-electron chi connectivity index (χ2n) is 7.67. The molecular weight excluding hydrogens is 594 g/mol. The average molecular weight is 625 g/mol. The van der Waals surface area contributed by atoms with Gasteiger partial charge in [0.05, 0.1) is 0 Å². The van der Waals surface area contributed by atoms with E-state index in [1.54, 1.807) is 24.3 Å². The van der Waals surface area contributed by atoms with Crippen molar-refractivity contribution >= 4 is 40.6 Å². The van der Waals surface area contributed by atoms with Gasteiger partial charge in [0.25, 0.3) is 0 Å². The number of carboxylic acids is 1. The maximum absolute atomic E-state index is 13.1. The van der Waals surface area contributed by atoms with E-state index in [0.717, 1.165) is 0 Å². The fourth-order valence-electron chi connectivity index (χ4n) is 2.97. The number of carbonyl (C=O) groups is 4. The van der Waals surface area contributed by atoms with Gasteiger partial charge in [0.1, 0.15) is 24.5 Å². The summed E-state index contributed by atoms with van der Waals surface area (Å²) in [4.78, 5) is 48.9. The molecule has 0 fully saturated rings. The van der Waals surface area contributed by atoms with Gasteiger partial charge in [0.15, 0.2) is 0 Å². The number of benzene rings is 1. The maximum Gasteiger partial charge on any atom is 1.00 e. The van der Waals surface area contributed by atoms with Gasteiger partial charge in [0.2, 0.25) is 11.8 Å². The van der Waals surface area contributed by atoms with Crippen LogP contribution in [0, 0.1) is 5.41 Å². The van der Waals surface area contributed by atoms with Crippen molar-refractivity contribution in [3.8, 4) is 0 Å². The number of nitrogens with two attached hydrogens (primary N) is 1. The molecule has 0 unspecified atom stereocenters. The van der Waals surface area contributed by atoms with Crippen molar-refractivity contribution in [3.63, 3.8) is 0 Å². The topological polar surface area (TPSA) is 230 Å². The summed E-state index contributed by atoms with van der Waals surface area (Å²) in [6.07, 6.45) is 0.0340. The van der Waals surface area contributed by atoms with Crippen LogP contribution >= 0.6 is 0 Å². The molecule has 0 aliphatic heterocycles. The normalized spacial score (nSPS) is 11.8. The molecular formula is C22H31N6O8RbS. The van der Waals surface area contributed by atoms with E-state index >= 15 is 0 Å². The van der Waals surface area contributed by atoms with Gasteiger partial charge in [-0.15, -0.1) is 0 Å². The number of amidine groups is 1. The number of hydrogen-bond donors (Lipinski definition) is 7. The number of nitrogen functional groups attached to an aromatic ring is 1. The van der Waals surface area contributed by atoms with Crippen molar-refractivity contribution in [2.45, 2.75) is 37.8 Å². The molecule has 0 heterocycles. The summed E-state index contributed by atoms with van der Waals surface area (Å²) in [5.74, 6) is -2.75. The molecule has 1 aromatic rings. The van der Waals surface area contributed by atoms with Crippen molar-refractivity contribution in [1.29, 1.82) is 5.41 Å². The van der Waals surface area contributed by atoms with Crippen LogP contribution in [0.2, 0.25) is 0 Å². The third kappa shape index (κ3) is 15.3. The van der Waals surface area contributed by atoms with E-state index in [2.05, 4.69) is 27.3 Å². The van der Waals surface area contributed by atoms with E-state index in [1.807, 2.05) is 0 Å². The van der Waals surface area contributed by atoms with Crippen molar-refractivity contribution in [3.05, 3.63) is 48.0 Å². The van der Waals surface area contributed by atoms with Crippen molar-refractivity contribution in [1.82, 2.24) is 20.7 Å². The smallest absolute Gasteiger partial charge is 0.481 e. The molecule has 0 spiro atoms. The van der Waals surface area contributed by atoms with Crippen LogP contribution in [0.3, 0.4) is 0 Å². The summed E-state index contributed by atoms with van der Waals surface area (Å²) < 4.78 is 28.0. The molecule has 1 rings (SSSR count). The summed E-state index contributed by atoms with van der Waals surface area (Å²) in [6, 6.07) is 3.94. The largest absolute Gasteiger partial charge is 1.00 e. The first-order valence-electron chi connectivity index (χ1n) is 11.1.